The first-order valence-corrected chi connectivity index (χ1v) is 10.1. The standard InChI is InChI=1S/C22H24ClF3N2O4/c1-5-31-19-9-8-18(32-11-10-27(2)3)15(13-29)20(19)21(30)28(4)14-6-7-17(23)16(12-14)22(24,25)26/h6-9,12-13H,5,10-11H2,1-4H3. The number of carbonyl (C=O) groups excluding carboxylic acids is 2. The molecule has 0 aliphatic heterocycles. The molecule has 0 radical (unpaired) electrons. The summed E-state index contributed by atoms with van der Waals surface area (Å²) in [7, 11) is 5.01. The van der Waals surface area contributed by atoms with E-state index in [4.69, 9.17) is 21.1 Å². The molecule has 0 heterocycles. The summed E-state index contributed by atoms with van der Waals surface area (Å²) < 4.78 is 50.9. The number of likely N-dealkylation sites (N-methyl/N-ethyl adjacent to an activating group) is 1. The summed E-state index contributed by atoms with van der Waals surface area (Å²) in [6.07, 6.45) is -4.22. The van der Waals surface area contributed by atoms with E-state index < -0.39 is 22.7 Å². The van der Waals surface area contributed by atoms with E-state index in [0.717, 1.165) is 17.0 Å². The third kappa shape index (κ3) is 5.92. The number of hydrogen-bond donors (Lipinski definition) is 0. The number of ether oxygens (including phenoxy) is 2. The van der Waals surface area contributed by atoms with Crippen LogP contribution < -0.4 is 14.4 Å². The maximum absolute atomic E-state index is 13.3. The lowest BCUT2D eigenvalue weighted by Gasteiger charge is -2.23. The number of anilines is 1. The van der Waals surface area contributed by atoms with Crippen molar-refractivity contribution >= 4 is 29.5 Å². The maximum Gasteiger partial charge on any atom is 0.417 e. The van der Waals surface area contributed by atoms with Crippen molar-refractivity contribution in [2.24, 2.45) is 0 Å². The molecule has 1 amide bonds. The van der Waals surface area contributed by atoms with Gasteiger partial charge in [0.2, 0.25) is 0 Å². The van der Waals surface area contributed by atoms with Gasteiger partial charge in [0.25, 0.3) is 5.91 Å². The van der Waals surface area contributed by atoms with E-state index in [1.165, 1.54) is 25.2 Å². The van der Waals surface area contributed by atoms with Gasteiger partial charge >= 0.3 is 6.18 Å². The highest BCUT2D eigenvalue weighted by Gasteiger charge is 2.34. The molecule has 0 aliphatic rings. The Morgan fingerprint density at radius 1 is 1.09 bits per heavy atom. The van der Waals surface area contributed by atoms with Crippen LogP contribution in [0.3, 0.4) is 0 Å². The zero-order chi connectivity index (χ0) is 24.1. The summed E-state index contributed by atoms with van der Waals surface area (Å²) in [4.78, 5) is 28.1. The molecule has 6 nitrogen and oxygen atoms in total. The van der Waals surface area contributed by atoms with Crippen LogP contribution in [0, 0.1) is 0 Å². The fourth-order valence-corrected chi connectivity index (χ4v) is 3.11. The van der Waals surface area contributed by atoms with Crippen LogP contribution in [0.4, 0.5) is 18.9 Å². The molecule has 2 rings (SSSR count). The van der Waals surface area contributed by atoms with Crippen LogP contribution in [0.5, 0.6) is 11.5 Å². The highest BCUT2D eigenvalue weighted by Crippen LogP contribution is 2.38. The third-order valence-corrected chi connectivity index (χ3v) is 4.87. The van der Waals surface area contributed by atoms with Gasteiger partial charge in [-0.1, -0.05) is 11.6 Å². The van der Waals surface area contributed by atoms with Crippen molar-refractivity contribution in [1.29, 1.82) is 0 Å². The molecule has 10 heteroatoms. The van der Waals surface area contributed by atoms with Gasteiger partial charge in [-0.2, -0.15) is 13.2 Å². The zero-order valence-corrected chi connectivity index (χ0v) is 18.9. The molecule has 174 valence electrons. The van der Waals surface area contributed by atoms with Gasteiger partial charge in [0.05, 0.1) is 28.3 Å². The largest absolute Gasteiger partial charge is 0.493 e. The number of halogens is 4. The van der Waals surface area contributed by atoms with Gasteiger partial charge in [0, 0.05) is 19.3 Å². The molecule has 0 fully saturated rings. The molecule has 0 aromatic heterocycles. The molecule has 0 unspecified atom stereocenters. The number of alkyl halides is 3. The SMILES string of the molecule is CCOc1ccc(OCCN(C)C)c(C=O)c1C(=O)N(C)c1ccc(Cl)c(C(F)(F)F)c1. The molecule has 2 aromatic rings. The van der Waals surface area contributed by atoms with Gasteiger partial charge < -0.3 is 19.3 Å². The van der Waals surface area contributed by atoms with E-state index in [1.807, 2.05) is 19.0 Å². The first-order chi connectivity index (χ1) is 15.0. The Morgan fingerprint density at radius 2 is 1.75 bits per heavy atom. The summed E-state index contributed by atoms with van der Waals surface area (Å²) in [5.41, 5.74) is -1.27. The lowest BCUT2D eigenvalue weighted by atomic mass is 10.0. The van der Waals surface area contributed by atoms with Crippen molar-refractivity contribution in [2.75, 3.05) is 45.8 Å². The fraction of sp³-hybridized carbons (Fsp3) is 0.364. The van der Waals surface area contributed by atoms with Gasteiger partial charge in [0.1, 0.15) is 18.1 Å². The molecule has 0 saturated heterocycles. The lowest BCUT2D eigenvalue weighted by Crippen LogP contribution is -2.28. The second-order valence-electron chi connectivity index (χ2n) is 7.08. The topological polar surface area (TPSA) is 59.1 Å². The summed E-state index contributed by atoms with van der Waals surface area (Å²) in [6.45, 7) is 2.74. The Labute approximate surface area is 189 Å². The van der Waals surface area contributed by atoms with Gasteiger partial charge in [-0.15, -0.1) is 0 Å². The highest BCUT2D eigenvalue weighted by molar-refractivity contribution is 6.31. The summed E-state index contributed by atoms with van der Waals surface area (Å²) in [5.74, 6) is -0.436. The number of benzene rings is 2. The molecular weight excluding hydrogens is 449 g/mol. The van der Waals surface area contributed by atoms with Gasteiger partial charge in [0.15, 0.2) is 6.29 Å². The Morgan fingerprint density at radius 3 is 2.31 bits per heavy atom. The quantitative estimate of drug-likeness (QED) is 0.491. The first kappa shape index (κ1) is 25.5. The minimum absolute atomic E-state index is 0.0448. The van der Waals surface area contributed by atoms with Crippen molar-refractivity contribution in [2.45, 2.75) is 13.1 Å². The average Bonchev–Trinajstić information content (AvgIpc) is 2.72. The van der Waals surface area contributed by atoms with Crippen LogP contribution >= 0.6 is 11.6 Å². The van der Waals surface area contributed by atoms with Crippen molar-refractivity contribution < 1.29 is 32.2 Å². The maximum atomic E-state index is 13.3. The number of amides is 1. The molecule has 0 atom stereocenters. The molecule has 0 N–H and O–H groups in total. The van der Waals surface area contributed by atoms with Crippen molar-refractivity contribution in [3.63, 3.8) is 0 Å². The number of nitrogens with zero attached hydrogens (tertiary/aromatic N) is 2. The van der Waals surface area contributed by atoms with Crippen LogP contribution in [0.2, 0.25) is 5.02 Å². The predicted octanol–water partition coefficient (Wildman–Crippen LogP) is 4.79. The molecule has 0 bridgehead atoms. The number of carbonyl (C=O) groups is 2. The smallest absolute Gasteiger partial charge is 0.417 e. The average molecular weight is 473 g/mol. The Kier molecular flexibility index (Phi) is 8.51. The highest BCUT2D eigenvalue weighted by atomic mass is 35.5. The first-order valence-electron chi connectivity index (χ1n) is 9.68. The van der Waals surface area contributed by atoms with E-state index in [1.54, 1.807) is 6.92 Å². The van der Waals surface area contributed by atoms with Crippen molar-refractivity contribution in [3.8, 4) is 11.5 Å². The summed E-state index contributed by atoms with van der Waals surface area (Å²) in [6, 6.07) is 6.14. The Bertz CT molecular complexity index is 980. The van der Waals surface area contributed by atoms with Crippen molar-refractivity contribution in [3.05, 3.63) is 52.0 Å². The van der Waals surface area contributed by atoms with Crippen LogP contribution in [0.15, 0.2) is 30.3 Å². The monoisotopic (exact) mass is 472 g/mol. The van der Waals surface area contributed by atoms with E-state index >= 15 is 0 Å². The zero-order valence-electron chi connectivity index (χ0n) is 18.1. The minimum atomic E-state index is -4.69. The van der Waals surface area contributed by atoms with E-state index in [-0.39, 0.29) is 41.5 Å². The van der Waals surface area contributed by atoms with Crippen LogP contribution in [0.25, 0.3) is 0 Å². The number of rotatable bonds is 9. The van der Waals surface area contributed by atoms with Crippen LogP contribution in [-0.2, 0) is 6.18 Å². The molecule has 0 saturated carbocycles. The van der Waals surface area contributed by atoms with Crippen molar-refractivity contribution in [1.82, 2.24) is 4.90 Å². The van der Waals surface area contributed by atoms with E-state index in [2.05, 4.69) is 0 Å². The molecule has 0 aliphatic carbocycles. The minimum Gasteiger partial charge on any atom is -0.493 e. The third-order valence-electron chi connectivity index (χ3n) is 4.54. The van der Waals surface area contributed by atoms with Gasteiger partial charge in [-0.25, -0.2) is 0 Å². The molecular formula is C22H24ClF3N2O4. The lowest BCUT2D eigenvalue weighted by molar-refractivity contribution is -0.137. The van der Waals surface area contributed by atoms with Crippen LogP contribution in [0.1, 0.15) is 33.2 Å². The summed E-state index contributed by atoms with van der Waals surface area (Å²) >= 11 is 5.68. The normalized spacial score (nSPS) is 11.4. The second kappa shape index (κ2) is 10.7. The van der Waals surface area contributed by atoms with Gasteiger partial charge in [-0.05, 0) is 51.4 Å². The number of aldehydes is 1. The van der Waals surface area contributed by atoms with E-state index in [9.17, 15) is 22.8 Å². The molecule has 0 spiro atoms. The summed E-state index contributed by atoms with van der Waals surface area (Å²) in [5, 5.41) is -0.484. The predicted molar refractivity (Wildman–Crippen MR) is 116 cm³/mol. The second-order valence-corrected chi connectivity index (χ2v) is 7.49. The number of hydrogen-bond acceptors (Lipinski definition) is 5. The fourth-order valence-electron chi connectivity index (χ4n) is 2.88. The van der Waals surface area contributed by atoms with Crippen LogP contribution in [-0.4, -0.2) is 58.0 Å². The van der Waals surface area contributed by atoms with E-state index in [0.29, 0.717) is 12.8 Å². The molecule has 2 aromatic carbocycles. The van der Waals surface area contributed by atoms with Gasteiger partial charge in [-0.3, -0.25) is 9.59 Å². The Hall–Kier alpha value is -2.78. The Balaban J connectivity index is 2.52. The molecule has 32 heavy (non-hydrogen) atoms.